The number of carbonyl (C=O) groups excluding carboxylic acids is 1. The van der Waals surface area contributed by atoms with Crippen molar-refractivity contribution in [2.75, 3.05) is 0 Å². The van der Waals surface area contributed by atoms with Crippen LogP contribution in [0, 0.1) is 5.92 Å². The standard InChI is InChI=1S/C17H21F3N4O/c1-3-11(2)15(21)16(25)22-10-12-4-6-13(7-5-12)24-9-8-14(23-24)17(18,19)20/h4-9,11,15H,3,10,21H2,1-2H3,(H,22,25). The summed E-state index contributed by atoms with van der Waals surface area (Å²) in [6.45, 7) is 4.19. The van der Waals surface area contributed by atoms with Crippen molar-refractivity contribution in [3.05, 3.63) is 47.8 Å². The number of benzene rings is 1. The van der Waals surface area contributed by atoms with Crippen molar-refractivity contribution < 1.29 is 18.0 Å². The molecule has 2 rings (SSSR count). The number of alkyl halides is 3. The zero-order valence-corrected chi connectivity index (χ0v) is 14.0. The molecule has 0 aliphatic heterocycles. The molecule has 1 heterocycles. The van der Waals surface area contributed by atoms with Gasteiger partial charge in [-0.15, -0.1) is 0 Å². The van der Waals surface area contributed by atoms with Gasteiger partial charge >= 0.3 is 6.18 Å². The normalized spacial score (nSPS) is 14.2. The van der Waals surface area contributed by atoms with Gasteiger partial charge in [-0.3, -0.25) is 4.79 Å². The van der Waals surface area contributed by atoms with Gasteiger partial charge in [0.15, 0.2) is 5.69 Å². The van der Waals surface area contributed by atoms with Crippen LogP contribution in [0.1, 0.15) is 31.5 Å². The van der Waals surface area contributed by atoms with Crippen molar-refractivity contribution in [3.63, 3.8) is 0 Å². The van der Waals surface area contributed by atoms with E-state index in [2.05, 4.69) is 10.4 Å². The third-order valence-electron chi connectivity index (χ3n) is 4.11. The number of hydrogen-bond acceptors (Lipinski definition) is 3. The van der Waals surface area contributed by atoms with Gasteiger partial charge in [0.05, 0.1) is 11.7 Å². The summed E-state index contributed by atoms with van der Waals surface area (Å²) in [5, 5.41) is 6.28. The fourth-order valence-electron chi connectivity index (χ4n) is 2.20. The van der Waals surface area contributed by atoms with E-state index in [9.17, 15) is 18.0 Å². The number of amides is 1. The summed E-state index contributed by atoms with van der Waals surface area (Å²) >= 11 is 0. The number of nitrogens with two attached hydrogens (primary N) is 1. The predicted octanol–water partition coefficient (Wildman–Crippen LogP) is 2.88. The van der Waals surface area contributed by atoms with E-state index < -0.39 is 17.9 Å². The molecule has 0 saturated carbocycles. The second kappa shape index (κ2) is 7.69. The van der Waals surface area contributed by atoms with Crippen LogP contribution in [-0.4, -0.2) is 21.7 Å². The first-order valence-electron chi connectivity index (χ1n) is 7.98. The quantitative estimate of drug-likeness (QED) is 0.838. The van der Waals surface area contributed by atoms with Crippen LogP contribution in [0.5, 0.6) is 0 Å². The third kappa shape index (κ3) is 4.82. The highest BCUT2D eigenvalue weighted by atomic mass is 19.4. The topological polar surface area (TPSA) is 72.9 Å². The molecule has 1 aromatic heterocycles. The fourth-order valence-corrected chi connectivity index (χ4v) is 2.20. The summed E-state index contributed by atoms with van der Waals surface area (Å²) < 4.78 is 38.9. The number of aromatic nitrogens is 2. The van der Waals surface area contributed by atoms with Crippen molar-refractivity contribution in [2.24, 2.45) is 11.7 Å². The van der Waals surface area contributed by atoms with E-state index in [0.29, 0.717) is 12.2 Å². The summed E-state index contributed by atoms with van der Waals surface area (Å²) in [5.74, 6) is -0.134. The van der Waals surface area contributed by atoms with Crippen molar-refractivity contribution in [1.29, 1.82) is 0 Å². The molecule has 1 aromatic carbocycles. The maximum absolute atomic E-state index is 12.6. The molecule has 0 aliphatic rings. The molecule has 3 N–H and O–H groups in total. The Morgan fingerprint density at radius 1 is 1.28 bits per heavy atom. The average Bonchev–Trinajstić information content (AvgIpc) is 3.09. The Labute approximate surface area is 144 Å². The van der Waals surface area contributed by atoms with Crippen LogP contribution >= 0.6 is 0 Å². The van der Waals surface area contributed by atoms with Crippen molar-refractivity contribution in [2.45, 2.75) is 39.0 Å². The van der Waals surface area contributed by atoms with E-state index >= 15 is 0 Å². The second-order valence-electron chi connectivity index (χ2n) is 5.94. The maximum atomic E-state index is 12.6. The second-order valence-corrected chi connectivity index (χ2v) is 5.94. The molecule has 2 atom stereocenters. The van der Waals surface area contributed by atoms with Gasteiger partial charge in [-0.2, -0.15) is 18.3 Å². The van der Waals surface area contributed by atoms with Gasteiger partial charge in [0, 0.05) is 12.7 Å². The van der Waals surface area contributed by atoms with E-state index in [0.717, 1.165) is 22.7 Å². The molecular weight excluding hydrogens is 333 g/mol. The molecule has 0 radical (unpaired) electrons. The van der Waals surface area contributed by atoms with E-state index in [1.165, 1.54) is 6.20 Å². The molecule has 136 valence electrons. The first kappa shape index (κ1) is 19.0. The zero-order valence-electron chi connectivity index (χ0n) is 14.0. The number of nitrogens with zero attached hydrogens (tertiary/aromatic N) is 2. The Bertz CT molecular complexity index is 709. The summed E-state index contributed by atoms with van der Waals surface area (Å²) in [4.78, 5) is 11.9. The average molecular weight is 354 g/mol. The maximum Gasteiger partial charge on any atom is 0.435 e. The third-order valence-corrected chi connectivity index (χ3v) is 4.11. The molecule has 2 aromatic rings. The smallest absolute Gasteiger partial charge is 0.351 e. The Morgan fingerprint density at radius 3 is 2.44 bits per heavy atom. The highest BCUT2D eigenvalue weighted by Crippen LogP contribution is 2.27. The monoisotopic (exact) mass is 354 g/mol. The molecule has 2 unspecified atom stereocenters. The van der Waals surface area contributed by atoms with Crippen molar-refractivity contribution in [1.82, 2.24) is 15.1 Å². The number of halogens is 3. The minimum atomic E-state index is -4.47. The van der Waals surface area contributed by atoms with Crippen LogP contribution in [0.2, 0.25) is 0 Å². The number of hydrogen-bond donors (Lipinski definition) is 2. The predicted molar refractivity (Wildman–Crippen MR) is 87.8 cm³/mol. The van der Waals surface area contributed by atoms with Gasteiger partial charge in [0.25, 0.3) is 0 Å². The lowest BCUT2D eigenvalue weighted by Crippen LogP contribution is -2.44. The van der Waals surface area contributed by atoms with Crippen molar-refractivity contribution in [3.8, 4) is 5.69 Å². The molecule has 0 bridgehead atoms. The van der Waals surface area contributed by atoms with Gasteiger partial charge < -0.3 is 11.1 Å². The lowest BCUT2D eigenvalue weighted by molar-refractivity contribution is -0.141. The van der Waals surface area contributed by atoms with Crippen LogP contribution < -0.4 is 11.1 Å². The number of carbonyl (C=O) groups is 1. The van der Waals surface area contributed by atoms with Crippen LogP contribution in [0.4, 0.5) is 13.2 Å². The van der Waals surface area contributed by atoms with Gasteiger partial charge in [0.2, 0.25) is 5.91 Å². The lowest BCUT2D eigenvalue weighted by Gasteiger charge is -2.17. The lowest BCUT2D eigenvalue weighted by atomic mass is 9.99. The summed E-state index contributed by atoms with van der Waals surface area (Å²) in [6, 6.07) is 7.09. The minimum absolute atomic E-state index is 0.0880. The van der Waals surface area contributed by atoms with Crippen LogP contribution in [0.15, 0.2) is 36.5 Å². The van der Waals surface area contributed by atoms with Gasteiger partial charge in [-0.25, -0.2) is 4.68 Å². The van der Waals surface area contributed by atoms with Crippen molar-refractivity contribution >= 4 is 5.91 Å². The summed E-state index contributed by atoms with van der Waals surface area (Å²) in [5.41, 5.74) is 6.23. The van der Waals surface area contributed by atoms with Crippen LogP contribution in [-0.2, 0) is 17.5 Å². The first-order chi connectivity index (χ1) is 11.7. The minimum Gasteiger partial charge on any atom is -0.351 e. The Morgan fingerprint density at radius 2 is 1.92 bits per heavy atom. The zero-order chi connectivity index (χ0) is 18.6. The summed E-state index contributed by atoms with van der Waals surface area (Å²) in [6.07, 6.45) is -2.40. The molecule has 0 saturated heterocycles. The molecule has 0 fully saturated rings. The molecule has 0 aliphatic carbocycles. The highest BCUT2D eigenvalue weighted by Gasteiger charge is 2.33. The number of rotatable bonds is 6. The summed E-state index contributed by atoms with van der Waals surface area (Å²) in [7, 11) is 0. The fraction of sp³-hybridized carbons (Fsp3) is 0.412. The van der Waals surface area contributed by atoms with E-state index in [4.69, 9.17) is 5.73 Å². The molecule has 8 heteroatoms. The van der Waals surface area contributed by atoms with E-state index in [-0.39, 0.29) is 11.8 Å². The van der Waals surface area contributed by atoms with Gasteiger partial charge in [0.1, 0.15) is 0 Å². The Kier molecular flexibility index (Phi) is 5.84. The molecule has 0 spiro atoms. The Balaban J connectivity index is 1.98. The highest BCUT2D eigenvalue weighted by molar-refractivity contribution is 5.81. The number of nitrogens with one attached hydrogen (secondary N) is 1. The molecule has 1 amide bonds. The molecule has 25 heavy (non-hydrogen) atoms. The molecule has 5 nitrogen and oxygen atoms in total. The SMILES string of the molecule is CCC(C)C(N)C(=O)NCc1ccc(-n2ccc(C(F)(F)F)n2)cc1. The first-order valence-corrected chi connectivity index (χ1v) is 7.98. The van der Waals surface area contributed by atoms with E-state index in [1.54, 1.807) is 24.3 Å². The van der Waals surface area contributed by atoms with E-state index in [1.807, 2.05) is 13.8 Å². The van der Waals surface area contributed by atoms with Gasteiger partial charge in [-0.05, 0) is 29.7 Å². The Hall–Kier alpha value is -2.35. The van der Waals surface area contributed by atoms with Crippen LogP contribution in [0.3, 0.4) is 0 Å². The van der Waals surface area contributed by atoms with Crippen LogP contribution in [0.25, 0.3) is 5.69 Å². The molecular formula is C17H21F3N4O. The van der Waals surface area contributed by atoms with Gasteiger partial charge in [-0.1, -0.05) is 32.4 Å². The largest absolute Gasteiger partial charge is 0.435 e.